The molecule has 0 aliphatic carbocycles. The van der Waals surface area contributed by atoms with Crippen molar-refractivity contribution in [1.82, 2.24) is 58.2 Å². The lowest BCUT2D eigenvalue weighted by Gasteiger charge is -2.31. The largest absolute Gasteiger partial charge is 0.480 e. The van der Waals surface area contributed by atoms with Crippen LogP contribution in [0.1, 0.15) is 82.3 Å². The van der Waals surface area contributed by atoms with E-state index in [1.54, 1.807) is 48.7 Å². The molecule has 8 atom stereocenters. The Hall–Kier alpha value is -8.33. The molecule has 1 aliphatic rings. The van der Waals surface area contributed by atoms with Crippen molar-refractivity contribution in [3.8, 4) is 0 Å². The highest BCUT2D eigenvalue weighted by atomic mass is 16.4. The SMILES string of the molecule is CC(=O)N[C@@H](CCCNC(=N)N)C(=O)N[C@H]1CCCNC(=O)CC[C@@H](C(=O)O)NC(=O)[C@H](Cc2c[nH]c3ccccc23)NC(O)[C@H](CCCNC(=N)N)NC(=O)[C@@H](Cc2ccccc2)NC(=O)[C@H](CCC(N)=O)NC1=O. The molecule has 0 spiro atoms. The van der Waals surface area contributed by atoms with Crippen molar-refractivity contribution in [2.75, 3.05) is 19.6 Å². The van der Waals surface area contributed by atoms with Gasteiger partial charge in [0.2, 0.25) is 47.3 Å². The fourth-order valence-electron chi connectivity index (χ4n) is 8.38. The second kappa shape index (κ2) is 30.8. The zero-order chi connectivity index (χ0) is 55.7. The van der Waals surface area contributed by atoms with Crippen LogP contribution in [0.3, 0.4) is 0 Å². The zero-order valence-corrected chi connectivity index (χ0v) is 42.3. The standard InChI is InChI=1S/C49H72N16O11/c1-27(66)59-32(14-8-22-56-48(51)52)41(69)60-33-15-7-21-55-40(68)20-18-36(47(75)76)63-46(74)38(25-29-26-58-31-13-6-5-12-30(29)31)65-43(71)34(16-9-23-57-49(53)54)61-45(73)37(24-28-10-3-2-4-11-28)64-44(72)35(62-42(33)70)17-19-39(50)67/h2-6,10-13,26,32-38,43,58,65,71H,7-9,14-25H2,1H3,(H2,50,67)(H,55,68)(H,59,66)(H,60,69)(H,61,73)(H,62,70)(H,63,74)(H,64,72)(H,75,76)(H4,51,52,56)(H4,53,54,57)/t32-,33-,34-,35-,36-,37+,38-,43?/m0/s1. The minimum atomic E-state index is -1.75. The molecular weight excluding hydrogens is 989 g/mol. The van der Waals surface area contributed by atoms with Crippen LogP contribution < -0.4 is 70.4 Å². The number of guanidine groups is 2. The maximum atomic E-state index is 14.6. The summed E-state index contributed by atoms with van der Waals surface area (Å²) in [5.74, 6) is -8.52. The van der Waals surface area contributed by atoms with Crippen LogP contribution in [-0.4, -0.2) is 148 Å². The van der Waals surface area contributed by atoms with Gasteiger partial charge in [0.25, 0.3) is 0 Å². The van der Waals surface area contributed by atoms with Crippen LogP contribution in [0.15, 0.2) is 60.8 Å². The number of nitrogens with one attached hydrogen (secondary N) is 13. The number of aromatic nitrogens is 1. The van der Waals surface area contributed by atoms with E-state index in [1.165, 1.54) is 6.92 Å². The maximum absolute atomic E-state index is 14.6. The Balaban J connectivity index is 1.77. The molecule has 1 aromatic heterocycles. The third-order valence-electron chi connectivity index (χ3n) is 12.3. The van der Waals surface area contributed by atoms with E-state index in [0.717, 1.165) is 10.9 Å². The molecule has 2 aromatic carbocycles. The molecule has 4 rings (SSSR count). The molecule has 27 heteroatoms. The van der Waals surface area contributed by atoms with Crippen molar-refractivity contribution in [2.24, 2.45) is 17.2 Å². The van der Waals surface area contributed by atoms with Crippen LogP contribution in [0.4, 0.5) is 0 Å². The van der Waals surface area contributed by atoms with Gasteiger partial charge in [0.1, 0.15) is 36.4 Å². The quantitative estimate of drug-likeness (QED) is 0.0318. The highest BCUT2D eigenvalue weighted by molar-refractivity contribution is 5.96. The first kappa shape index (κ1) is 60.2. The predicted octanol–water partition coefficient (Wildman–Crippen LogP) is -3.27. The highest BCUT2D eigenvalue weighted by Gasteiger charge is 2.35. The van der Waals surface area contributed by atoms with E-state index in [1.807, 2.05) is 12.1 Å². The third-order valence-corrected chi connectivity index (χ3v) is 12.3. The monoisotopic (exact) mass is 1060 g/mol. The zero-order valence-electron chi connectivity index (χ0n) is 42.3. The van der Waals surface area contributed by atoms with Gasteiger partial charge in [-0.15, -0.1) is 0 Å². The van der Waals surface area contributed by atoms with E-state index in [2.05, 4.69) is 58.2 Å². The molecule has 76 heavy (non-hydrogen) atoms. The molecule has 0 saturated carbocycles. The summed E-state index contributed by atoms with van der Waals surface area (Å²) in [4.78, 5) is 125. The number of nitrogens with two attached hydrogens (primary N) is 3. The Morgan fingerprint density at radius 2 is 1.41 bits per heavy atom. The van der Waals surface area contributed by atoms with Crippen molar-refractivity contribution in [3.63, 3.8) is 0 Å². The number of carbonyl (C=O) groups excluding carboxylic acids is 8. The number of aromatic amines is 1. The molecule has 8 amide bonds. The topological polar surface area (TPSA) is 456 Å². The molecule has 1 saturated heterocycles. The number of carboxylic acid groups (broad SMARTS) is 1. The summed E-state index contributed by atoms with van der Waals surface area (Å²) < 4.78 is 0. The number of aliphatic hydroxyl groups excluding tert-OH is 1. The minimum Gasteiger partial charge on any atom is -0.480 e. The minimum absolute atomic E-state index is 0.0174. The third kappa shape index (κ3) is 20.9. The van der Waals surface area contributed by atoms with Gasteiger partial charge in [-0.2, -0.15) is 0 Å². The molecule has 0 bridgehead atoms. The van der Waals surface area contributed by atoms with Crippen LogP contribution in [0.5, 0.6) is 0 Å². The smallest absolute Gasteiger partial charge is 0.326 e. The van der Waals surface area contributed by atoms with Crippen molar-refractivity contribution in [3.05, 3.63) is 71.9 Å². The van der Waals surface area contributed by atoms with Crippen LogP contribution >= 0.6 is 0 Å². The highest BCUT2D eigenvalue weighted by Crippen LogP contribution is 2.20. The summed E-state index contributed by atoms with van der Waals surface area (Å²) in [5, 5.41) is 64.5. The van der Waals surface area contributed by atoms with Crippen LogP contribution in [0.25, 0.3) is 10.9 Å². The van der Waals surface area contributed by atoms with E-state index in [0.29, 0.717) is 11.1 Å². The summed E-state index contributed by atoms with van der Waals surface area (Å²) >= 11 is 0. The Bertz CT molecular complexity index is 2510. The molecule has 21 N–H and O–H groups in total. The fourth-order valence-corrected chi connectivity index (χ4v) is 8.38. The number of H-pyrrole nitrogens is 1. The average Bonchev–Trinajstić information content (AvgIpc) is 3.78. The number of hydrogen-bond acceptors (Lipinski definition) is 13. The second-order valence-corrected chi connectivity index (χ2v) is 18.4. The van der Waals surface area contributed by atoms with E-state index in [4.69, 9.17) is 28.0 Å². The van der Waals surface area contributed by atoms with Crippen molar-refractivity contribution in [2.45, 2.75) is 132 Å². The van der Waals surface area contributed by atoms with Gasteiger partial charge in [-0.1, -0.05) is 48.5 Å². The molecule has 2 heterocycles. The summed E-state index contributed by atoms with van der Waals surface area (Å²) in [6, 6.07) is 5.91. The number of carboxylic acids is 1. The summed E-state index contributed by atoms with van der Waals surface area (Å²) in [5.41, 5.74) is 18.3. The lowest BCUT2D eigenvalue weighted by Crippen LogP contribution is -2.61. The lowest BCUT2D eigenvalue weighted by molar-refractivity contribution is -0.142. The Kier molecular flexibility index (Phi) is 24.4. The van der Waals surface area contributed by atoms with Gasteiger partial charge in [-0.25, -0.2) is 4.79 Å². The molecule has 414 valence electrons. The Morgan fingerprint density at radius 3 is 2.08 bits per heavy atom. The number of aliphatic carboxylic acids is 1. The Labute approximate surface area is 438 Å². The molecule has 1 fully saturated rings. The number of fused-ring (bicyclic) bond motifs is 1. The normalized spacial score (nSPS) is 22.0. The van der Waals surface area contributed by atoms with Crippen molar-refractivity contribution >= 4 is 76.0 Å². The maximum Gasteiger partial charge on any atom is 0.326 e. The van der Waals surface area contributed by atoms with Crippen LogP contribution in [0.2, 0.25) is 0 Å². The number of amides is 8. The fraction of sp³-hybridized carbons (Fsp3) is 0.490. The van der Waals surface area contributed by atoms with E-state index in [-0.39, 0.29) is 102 Å². The molecule has 27 nitrogen and oxygen atoms in total. The van der Waals surface area contributed by atoms with Gasteiger partial charge in [0.05, 0.1) is 12.1 Å². The van der Waals surface area contributed by atoms with Crippen LogP contribution in [0, 0.1) is 10.8 Å². The molecule has 1 aliphatic heterocycles. The molecular formula is C49H72N16O11. The average molecular weight is 1060 g/mol. The number of para-hydroxylation sites is 1. The molecule has 1 unspecified atom stereocenters. The second-order valence-electron chi connectivity index (χ2n) is 18.4. The van der Waals surface area contributed by atoms with Crippen molar-refractivity contribution in [1.29, 1.82) is 10.8 Å². The lowest BCUT2D eigenvalue weighted by atomic mass is 10.0. The summed E-state index contributed by atoms with van der Waals surface area (Å²) in [6.45, 7) is 1.37. The molecule has 0 radical (unpaired) electrons. The number of hydrogen-bond donors (Lipinski definition) is 18. The van der Waals surface area contributed by atoms with E-state index < -0.39 is 108 Å². The van der Waals surface area contributed by atoms with Crippen molar-refractivity contribution < 1.29 is 53.4 Å². The summed E-state index contributed by atoms with van der Waals surface area (Å²) in [7, 11) is 0. The predicted molar refractivity (Wildman–Crippen MR) is 278 cm³/mol. The van der Waals surface area contributed by atoms with Gasteiger partial charge < -0.3 is 80.2 Å². The first-order chi connectivity index (χ1) is 36.2. The first-order valence-corrected chi connectivity index (χ1v) is 25.0. The first-order valence-electron chi connectivity index (χ1n) is 25.0. The van der Waals surface area contributed by atoms with E-state index in [9.17, 15) is 53.4 Å². The van der Waals surface area contributed by atoms with E-state index >= 15 is 0 Å². The van der Waals surface area contributed by atoms with Gasteiger partial charge in [-0.3, -0.25) is 54.5 Å². The number of carbonyl (C=O) groups is 9. The van der Waals surface area contributed by atoms with Gasteiger partial charge in [0, 0.05) is 62.9 Å². The number of benzene rings is 2. The Morgan fingerprint density at radius 1 is 0.763 bits per heavy atom. The van der Waals surface area contributed by atoms with Gasteiger partial charge in [-0.05, 0) is 75.0 Å². The number of aliphatic hydroxyl groups is 1. The number of rotatable bonds is 19. The van der Waals surface area contributed by atoms with Gasteiger partial charge >= 0.3 is 5.97 Å². The number of primary amides is 1. The van der Waals surface area contributed by atoms with Crippen LogP contribution in [-0.2, 0) is 56.0 Å². The van der Waals surface area contributed by atoms with Gasteiger partial charge in [0.15, 0.2) is 11.9 Å². The summed E-state index contributed by atoms with van der Waals surface area (Å²) in [6.07, 6.45) is -1.59. The molecule has 3 aromatic rings.